The normalized spacial score (nSPS) is 20.8. The van der Waals surface area contributed by atoms with Crippen LogP contribution >= 0.6 is 0 Å². The van der Waals surface area contributed by atoms with E-state index in [-0.39, 0.29) is 11.9 Å². The lowest BCUT2D eigenvalue weighted by molar-refractivity contribution is 0.103. The van der Waals surface area contributed by atoms with E-state index >= 15 is 0 Å². The first kappa shape index (κ1) is 14.2. The number of β-amino-alcohol motifs (C(OH)–C–C–N with tert-alkyl or cyclic N) is 1. The van der Waals surface area contributed by atoms with Gasteiger partial charge in [0.25, 0.3) is 0 Å². The minimum absolute atomic E-state index is 0.0608. The Hall–Kier alpha value is -1.79. The molecule has 5 nitrogen and oxygen atoms in total. The van der Waals surface area contributed by atoms with E-state index in [9.17, 15) is 9.50 Å². The van der Waals surface area contributed by atoms with Crippen molar-refractivity contribution in [3.05, 3.63) is 47.4 Å². The molecule has 21 heavy (non-hydrogen) atoms. The fourth-order valence-corrected chi connectivity index (χ4v) is 2.83. The SMILES string of the molecule is Cc1nc([C@@H]2CCCN2C[C@@H](O)c2cccc(F)c2)no1. The monoisotopic (exact) mass is 291 g/mol. The number of aryl methyl sites for hydroxylation is 1. The molecule has 2 aromatic rings. The van der Waals surface area contributed by atoms with Gasteiger partial charge in [-0.3, -0.25) is 4.90 Å². The van der Waals surface area contributed by atoms with Crippen molar-refractivity contribution in [2.24, 2.45) is 0 Å². The lowest BCUT2D eigenvalue weighted by Gasteiger charge is -2.24. The van der Waals surface area contributed by atoms with Crippen LogP contribution in [0.5, 0.6) is 0 Å². The molecular formula is C15H18FN3O2. The molecule has 0 amide bonds. The molecule has 1 aromatic carbocycles. The molecule has 0 unspecified atom stereocenters. The van der Waals surface area contributed by atoms with Crippen molar-refractivity contribution >= 4 is 0 Å². The molecule has 1 saturated heterocycles. The van der Waals surface area contributed by atoms with E-state index in [4.69, 9.17) is 4.52 Å². The van der Waals surface area contributed by atoms with Gasteiger partial charge in [0.1, 0.15) is 5.82 Å². The van der Waals surface area contributed by atoms with E-state index in [0.717, 1.165) is 19.4 Å². The van der Waals surface area contributed by atoms with Gasteiger partial charge >= 0.3 is 0 Å². The van der Waals surface area contributed by atoms with Gasteiger partial charge in [-0.15, -0.1) is 0 Å². The second-order valence-corrected chi connectivity index (χ2v) is 5.40. The number of halogens is 1. The predicted molar refractivity (Wildman–Crippen MR) is 73.9 cm³/mol. The van der Waals surface area contributed by atoms with E-state index in [2.05, 4.69) is 15.0 Å². The number of hydrogen-bond acceptors (Lipinski definition) is 5. The van der Waals surface area contributed by atoms with Gasteiger partial charge in [0, 0.05) is 13.5 Å². The van der Waals surface area contributed by atoms with Crippen LogP contribution in [-0.4, -0.2) is 33.2 Å². The lowest BCUT2D eigenvalue weighted by atomic mass is 10.1. The third-order valence-electron chi connectivity index (χ3n) is 3.85. The number of aliphatic hydroxyl groups is 1. The summed E-state index contributed by atoms with van der Waals surface area (Å²) in [6, 6.07) is 6.14. The van der Waals surface area contributed by atoms with E-state index in [1.54, 1.807) is 19.1 Å². The Balaban J connectivity index is 1.71. The van der Waals surface area contributed by atoms with Gasteiger partial charge in [0.15, 0.2) is 5.82 Å². The topological polar surface area (TPSA) is 62.4 Å². The molecule has 2 atom stereocenters. The molecule has 0 spiro atoms. The maximum absolute atomic E-state index is 13.2. The number of benzene rings is 1. The van der Waals surface area contributed by atoms with Crippen molar-refractivity contribution in [2.75, 3.05) is 13.1 Å². The molecule has 0 saturated carbocycles. The molecule has 0 aliphatic carbocycles. The highest BCUT2D eigenvalue weighted by atomic mass is 19.1. The highest BCUT2D eigenvalue weighted by molar-refractivity contribution is 5.19. The van der Waals surface area contributed by atoms with Gasteiger partial charge in [0.05, 0.1) is 12.1 Å². The summed E-state index contributed by atoms with van der Waals surface area (Å²) < 4.78 is 18.3. The molecule has 3 rings (SSSR count). The predicted octanol–water partition coefficient (Wildman–Crippen LogP) is 2.39. The zero-order chi connectivity index (χ0) is 14.8. The van der Waals surface area contributed by atoms with E-state index in [1.807, 2.05) is 0 Å². The van der Waals surface area contributed by atoms with Crippen LogP contribution in [0.3, 0.4) is 0 Å². The average Bonchev–Trinajstić information content (AvgIpc) is 3.07. The summed E-state index contributed by atoms with van der Waals surface area (Å²) in [5.74, 6) is 0.872. The average molecular weight is 291 g/mol. The van der Waals surface area contributed by atoms with Crippen molar-refractivity contribution in [1.82, 2.24) is 15.0 Å². The lowest BCUT2D eigenvalue weighted by Crippen LogP contribution is -2.29. The Kier molecular flexibility index (Phi) is 3.98. The Bertz CT molecular complexity index is 616. The van der Waals surface area contributed by atoms with Crippen LogP contribution in [0.25, 0.3) is 0 Å². The summed E-state index contributed by atoms with van der Waals surface area (Å²) >= 11 is 0. The molecule has 0 radical (unpaired) electrons. The first-order valence-corrected chi connectivity index (χ1v) is 7.11. The number of aromatic nitrogens is 2. The molecule has 1 N–H and O–H groups in total. The summed E-state index contributed by atoms with van der Waals surface area (Å²) in [4.78, 5) is 6.40. The third kappa shape index (κ3) is 3.11. The summed E-state index contributed by atoms with van der Waals surface area (Å²) in [5, 5.41) is 14.3. The number of nitrogens with zero attached hydrogens (tertiary/aromatic N) is 3. The van der Waals surface area contributed by atoms with E-state index in [0.29, 0.717) is 23.8 Å². The van der Waals surface area contributed by atoms with Gasteiger partial charge in [-0.1, -0.05) is 17.3 Å². The van der Waals surface area contributed by atoms with Gasteiger partial charge in [-0.2, -0.15) is 4.98 Å². The van der Waals surface area contributed by atoms with Gasteiger partial charge < -0.3 is 9.63 Å². The van der Waals surface area contributed by atoms with Gasteiger partial charge in [-0.05, 0) is 37.1 Å². The number of aliphatic hydroxyl groups excluding tert-OH is 1. The van der Waals surface area contributed by atoms with Crippen molar-refractivity contribution in [2.45, 2.75) is 31.9 Å². The number of rotatable bonds is 4. The maximum Gasteiger partial charge on any atom is 0.223 e. The van der Waals surface area contributed by atoms with Crippen LogP contribution in [0.2, 0.25) is 0 Å². The zero-order valence-corrected chi connectivity index (χ0v) is 11.9. The first-order chi connectivity index (χ1) is 10.1. The largest absolute Gasteiger partial charge is 0.387 e. The van der Waals surface area contributed by atoms with Crippen LogP contribution < -0.4 is 0 Å². The van der Waals surface area contributed by atoms with E-state index in [1.165, 1.54) is 12.1 Å². The smallest absolute Gasteiger partial charge is 0.223 e. The van der Waals surface area contributed by atoms with Crippen LogP contribution in [0, 0.1) is 12.7 Å². The Labute approximate surface area is 122 Å². The molecular weight excluding hydrogens is 273 g/mol. The van der Waals surface area contributed by atoms with E-state index < -0.39 is 6.10 Å². The Morgan fingerprint density at radius 1 is 1.52 bits per heavy atom. The quantitative estimate of drug-likeness (QED) is 0.937. The minimum atomic E-state index is -0.728. The van der Waals surface area contributed by atoms with Crippen LogP contribution in [-0.2, 0) is 0 Å². The van der Waals surface area contributed by atoms with Gasteiger partial charge in [0.2, 0.25) is 5.89 Å². The Morgan fingerprint density at radius 3 is 3.10 bits per heavy atom. The maximum atomic E-state index is 13.2. The molecule has 1 aliphatic rings. The standard InChI is InChI=1S/C15H18FN3O2/c1-10-17-15(18-21-10)13-6-3-7-19(13)9-14(20)11-4-2-5-12(16)8-11/h2,4-5,8,13-14,20H,3,6-7,9H2,1H3/t13-,14+/m0/s1. The second-order valence-electron chi connectivity index (χ2n) is 5.40. The highest BCUT2D eigenvalue weighted by Crippen LogP contribution is 2.31. The summed E-state index contributed by atoms with van der Waals surface area (Å²) in [7, 11) is 0. The van der Waals surface area contributed by atoms with Crippen molar-refractivity contribution in [3.63, 3.8) is 0 Å². The van der Waals surface area contributed by atoms with Gasteiger partial charge in [-0.25, -0.2) is 4.39 Å². The minimum Gasteiger partial charge on any atom is -0.387 e. The molecule has 0 bridgehead atoms. The molecule has 2 heterocycles. The summed E-state index contributed by atoms with van der Waals surface area (Å²) in [6.07, 6.45) is 1.23. The third-order valence-corrected chi connectivity index (χ3v) is 3.85. The Morgan fingerprint density at radius 2 is 2.38 bits per heavy atom. The number of hydrogen-bond donors (Lipinski definition) is 1. The van der Waals surface area contributed by atoms with Crippen molar-refractivity contribution in [3.8, 4) is 0 Å². The molecule has 6 heteroatoms. The first-order valence-electron chi connectivity index (χ1n) is 7.11. The van der Waals surface area contributed by atoms with Crippen molar-refractivity contribution < 1.29 is 14.0 Å². The fourth-order valence-electron chi connectivity index (χ4n) is 2.83. The summed E-state index contributed by atoms with van der Waals surface area (Å²) in [5.41, 5.74) is 0.588. The highest BCUT2D eigenvalue weighted by Gasteiger charge is 2.31. The summed E-state index contributed by atoms with van der Waals surface area (Å²) in [6.45, 7) is 3.06. The number of likely N-dealkylation sites (tertiary alicyclic amines) is 1. The van der Waals surface area contributed by atoms with Crippen molar-refractivity contribution in [1.29, 1.82) is 0 Å². The molecule has 1 aliphatic heterocycles. The molecule has 1 fully saturated rings. The fraction of sp³-hybridized carbons (Fsp3) is 0.467. The second kappa shape index (κ2) is 5.91. The molecule has 1 aromatic heterocycles. The van der Waals surface area contributed by atoms with Crippen LogP contribution in [0.1, 0.15) is 42.3 Å². The van der Waals surface area contributed by atoms with Crippen LogP contribution in [0.15, 0.2) is 28.8 Å². The molecule has 112 valence electrons. The zero-order valence-electron chi connectivity index (χ0n) is 11.9. The van der Waals surface area contributed by atoms with Crippen LogP contribution in [0.4, 0.5) is 4.39 Å².